The van der Waals surface area contributed by atoms with Crippen LogP contribution in [0.3, 0.4) is 0 Å². The number of hydrogen-bond donors (Lipinski definition) is 1. The van der Waals surface area contributed by atoms with Gasteiger partial charge in [0.05, 0.1) is 5.56 Å². The molecule has 0 heterocycles. The fourth-order valence-corrected chi connectivity index (χ4v) is 2.52. The molecule has 0 aliphatic carbocycles. The van der Waals surface area contributed by atoms with E-state index < -0.39 is 46.4 Å². The van der Waals surface area contributed by atoms with Gasteiger partial charge in [-0.05, 0) is 36.8 Å². The van der Waals surface area contributed by atoms with Crippen LogP contribution in [-0.4, -0.2) is 46.3 Å². The molecule has 0 aliphatic rings. The fourth-order valence-electron chi connectivity index (χ4n) is 2.52. The monoisotopic (exact) mass is 446 g/mol. The highest BCUT2D eigenvalue weighted by molar-refractivity contribution is 6.58. The van der Waals surface area contributed by atoms with Gasteiger partial charge in [-0.25, -0.2) is 4.79 Å². The zero-order valence-electron chi connectivity index (χ0n) is 16.7. The van der Waals surface area contributed by atoms with Crippen molar-refractivity contribution in [3.8, 4) is 23.0 Å². The van der Waals surface area contributed by atoms with Gasteiger partial charge in [0.25, 0.3) is 0 Å². The van der Waals surface area contributed by atoms with Crippen LogP contribution >= 0.6 is 0 Å². The van der Waals surface area contributed by atoms with E-state index in [1.807, 2.05) is 0 Å². The minimum absolute atomic E-state index is 0.149. The van der Waals surface area contributed by atoms with Crippen LogP contribution in [-0.2, 0) is 6.18 Å². The predicted octanol–water partition coefficient (Wildman–Crippen LogP) is 2.29. The molecule has 0 saturated heterocycles. The topological polar surface area (TPSA) is 65.0 Å². The van der Waals surface area contributed by atoms with E-state index in [2.05, 4.69) is 4.74 Å². The SMILES string of the molecule is BC(B)(B)Oc1cc(OC(F)(F)F)ccc1Oc1c(C)cc(C(F)(F)F)cc1C(=O)O. The van der Waals surface area contributed by atoms with E-state index in [1.165, 1.54) is 6.92 Å². The van der Waals surface area contributed by atoms with Crippen LogP contribution in [0.2, 0.25) is 0 Å². The van der Waals surface area contributed by atoms with Crippen LogP contribution in [0.1, 0.15) is 21.5 Å². The minimum Gasteiger partial charge on any atom is -0.510 e. The number of rotatable bonds is 6. The third kappa shape index (κ3) is 6.79. The van der Waals surface area contributed by atoms with Gasteiger partial charge in [0.2, 0.25) is 0 Å². The number of aryl methyl sites for hydroxylation is 1. The van der Waals surface area contributed by atoms with Gasteiger partial charge < -0.3 is 19.3 Å². The number of halogens is 6. The Morgan fingerprint density at radius 1 is 0.935 bits per heavy atom. The van der Waals surface area contributed by atoms with Gasteiger partial charge in [-0.2, -0.15) is 13.2 Å². The number of carbonyl (C=O) groups is 1. The molecular weight excluding hydrogens is 431 g/mol. The summed E-state index contributed by atoms with van der Waals surface area (Å²) in [4.78, 5) is 11.5. The average molecular weight is 446 g/mol. The van der Waals surface area contributed by atoms with Crippen molar-refractivity contribution >= 4 is 29.5 Å². The van der Waals surface area contributed by atoms with Crippen molar-refractivity contribution in [2.45, 2.75) is 24.8 Å². The molecule has 0 fully saturated rings. The highest BCUT2D eigenvalue weighted by atomic mass is 19.4. The first-order chi connectivity index (χ1) is 14.0. The fraction of sp³-hybridized carbons (Fsp3) is 0.235. The molecule has 0 atom stereocenters. The Kier molecular flexibility index (Phi) is 6.53. The molecule has 14 heteroatoms. The third-order valence-electron chi connectivity index (χ3n) is 3.61. The molecule has 0 aromatic heterocycles. The second kappa shape index (κ2) is 8.31. The van der Waals surface area contributed by atoms with Crippen molar-refractivity contribution in [1.29, 1.82) is 0 Å². The van der Waals surface area contributed by atoms with Gasteiger partial charge >= 0.3 is 18.5 Å². The first-order valence-corrected chi connectivity index (χ1v) is 8.68. The predicted molar refractivity (Wildman–Crippen MR) is 105 cm³/mol. The molecule has 164 valence electrons. The summed E-state index contributed by atoms with van der Waals surface area (Å²) in [6.07, 6.45) is -9.76. The van der Waals surface area contributed by atoms with E-state index in [4.69, 9.17) is 9.47 Å². The van der Waals surface area contributed by atoms with Gasteiger partial charge in [0, 0.05) is 11.4 Å². The van der Waals surface area contributed by atoms with Crippen LogP contribution in [0.4, 0.5) is 26.3 Å². The number of aromatic carboxylic acids is 1. The summed E-state index contributed by atoms with van der Waals surface area (Å²) in [7, 11) is 4.79. The van der Waals surface area contributed by atoms with E-state index >= 15 is 0 Å². The van der Waals surface area contributed by atoms with Gasteiger partial charge in [-0.1, -0.05) is 0 Å². The summed E-state index contributed by atoms with van der Waals surface area (Å²) >= 11 is 0. The lowest BCUT2D eigenvalue weighted by Gasteiger charge is -2.25. The lowest BCUT2D eigenvalue weighted by molar-refractivity contribution is -0.274. The standard InChI is InChI=1S/C17H15B3F6O5/c1-7-4-8(15(21,22)23)5-10(14(27)28)13(7)29-11-3-2-9(30-17(24,25)26)6-12(11)31-16(18,19)20/h2-6H,18-20H2,1H3,(H,27,28). The Morgan fingerprint density at radius 3 is 2.03 bits per heavy atom. The normalized spacial score (nSPS) is 12.4. The molecule has 0 saturated carbocycles. The summed E-state index contributed by atoms with van der Waals surface area (Å²) in [5.41, 5.74) is -2.11. The summed E-state index contributed by atoms with van der Waals surface area (Å²) in [6.45, 7) is 1.21. The summed E-state index contributed by atoms with van der Waals surface area (Å²) < 4.78 is 91.7. The number of hydrogen-bond acceptors (Lipinski definition) is 4. The number of carboxylic acid groups (broad SMARTS) is 1. The molecule has 0 amide bonds. The highest BCUT2D eigenvalue weighted by Crippen LogP contribution is 2.41. The van der Waals surface area contributed by atoms with Crippen LogP contribution in [0.25, 0.3) is 0 Å². The van der Waals surface area contributed by atoms with Crippen molar-refractivity contribution in [3.63, 3.8) is 0 Å². The first-order valence-electron chi connectivity index (χ1n) is 8.68. The molecule has 0 radical (unpaired) electrons. The lowest BCUT2D eigenvalue weighted by atomic mass is 9.52. The third-order valence-corrected chi connectivity index (χ3v) is 3.61. The highest BCUT2D eigenvalue weighted by Gasteiger charge is 2.34. The van der Waals surface area contributed by atoms with E-state index in [0.29, 0.717) is 12.1 Å². The van der Waals surface area contributed by atoms with Gasteiger partial charge in [-0.15, -0.1) is 13.2 Å². The number of alkyl halides is 6. The average Bonchev–Trinajstić information content (AvgIpc) is 2.54. The van der Waals surface area contributed by atoms with E-state index in [1.54, 1.807) is 23.5 Å². The molecule has 31 heavy (non-hydrogen) atoms. The number of carboxylic acids is 1. The van der Waals surface area contributed by atoms with Crippen molar-refractivity contribution in [3.05, 3.63) is 47.0 Å². The zero-order valence-corrected chi connectivity index (χ0v) is 16.7. The number of benzene rings is 2. The second-order valence-electron chi connectivity index (χ2n) is 7.45. The molecule has 5 nitrogen and oxygen atoms in total. The molecule has 2 aromatic carbocycles. The van der Waals surface area contributed by atoms with Crippen molar-refractivity contribution < 1.29 is 50.5 Å². The molecule has 0 bridgehead atoms. The lowest BCUT2D eigenvalue weighted by Crippen LogP contribution is -2.37. The van der Waals surface area contributed by atoms with Crippen LogP contribution in [0, 0.1) is 6.92 Å². The van der Waals surface area contributed by atoms with Crippen molar-refractivity contribution in [2.75, 3.05) is 0 Å². The van der Waals surface area contributed by atoms with Crippen molar-refractivity contribution in [1.82, 2.24) is 0 Å². The summed E-state index contributed by atoms with van der Waals surface area (Å²) in [5, 5.41) is 8.46. The Balaban J connectivity index is 2.57. The summed E-state index contributed by atoms with van der Waals surface area (Å²) in [5.74, 6) is -3.16. The molecule has 2 aromatic rings. The second-order valence-corrected chi connectivity index (χ2v) is 7.45. The maximum atomic E-state index is 13.0. The Bertz CT molecular complexity index is 986. The maximum Gasteiger partial charge on any atom is 0.573 e. The smallest absolute Gasteiger partial charge is 0.510 e. The van der Waals surface area contributed by atoms with Gasteiger partial charge in [0.1, 0.15) is 40.6 Å². The molecule has 2 rings (SSSR count). The quantitative estimate of drug-likeness (QED) is 0.546. The zero-order chi connectivity index (χ0) is 23.8. The number of ether oxygens (including phenoxy) is 3. The molecule has 0 aliphatic heterocycles. The van der Waals surface area contributed by atoms with E-state index in [-0.39, 0.29) is 17.1 Å². The van der Waals surface area contributed by atoms with Gasteiger partial charge in [-0.3, -0.25) is 0 Å². The van der Waals surface area contributed by atoms with E-state index in [0.717, 1.165) is 18.2 Å². The Labute approximate surface area is 175 Å². The van der Waals surface area contributed by atoms with Crippen LogP contribution in [0.15, 0.2) is 30.3 Å². The molecule has 1 N–H and O–H groups in total. The maximum absolute atomic E-state index is 13.0. The van der Waals surface area contributed by atoms with E-state index in [9.17, 15) is 36.2 Å². The molecular formula is C17H15B3F6O5. The van der Waals surface area contributed by atoms with Gasteiger partial charge in [0.15, 0.2) is 11.5 Å². The van der Waals surface area contributed by atoms with Crippen LogP contribution in [0.5, 0.6) is 23.0 Å². The Morgan fingerprint density at radius 2 is 1.55 bits per heavy atom. The van der Waals surface area contributed by atoms with Crippen molar-refractivity contribution in [2.24, 2.45) is 0 Å². The minimum atomic E-state index is -4.97. The van der Waals surface area contributed by atoms with Crippen LogP contribution < -0.4 is 14.2 Å². The molecule has 0 spiro atoms. The Hall–Kier alpha value is -2.92. The largest absolute Gasteiger partial charge is 0.573 e. The first kappa shape index (κ1) is 24.4. The molecule has 0 unspecified atom stereocenters. The summed E-state index contributed by atoms with van der Waals surface area (Å²) in [6, 6.07) is 3.93.